The number of allylic oxidation sites excluding steroid dienone is 2. The Balaban J connectivity index is 1.60. The van der Waals surface area contributed by atoms with Gasteiger partial charge in [0.25, 0.3) is 0 Å². The molecule has 1 saturated heterocycles. The maximum absolute atomic E-state index is 14.0. The van der Waals surface area contributed by atoms with Gasteiger partial charge in [0, 0.05) is 24.0 Å². The fourth-order valence-corrected chi connectivity index (χ4v) is 6.21. The number of carbonyl (C=O) groups is 2. The van der Waals surface area contributed by atoms with Crippen LogP contribution in [0.2, 0.25) is 0 Å². The normalized spacial score (nSPS) is 27.8. The van der Waals surface area contributed by atoms with Crippen LogP contribution in [0, 0.1) is 23.2 Å². The van der Waals surface area contributed by atoms with Crippen molar-refractivity contribution < 1.29 is 29.3 Å². The SMILES string of the molecule is CC1=CC[C@@H](C(=O)N(c2cc(C#CC(C)(C)C)sc2C(=O)O)C2CCC(O)(CO[C@H]3CCOC3)CC2)CC1. The summed E-state index contributed by atoms with van der Waals surface area (Å²) in [4.78, 5) is 28.9. The molecule has 0 bridgehead atoms. The molecule has 1 saturated carbocycles. The van der Waals surface area contributed by atoms with Crippen molar-refractivity contribution in [2.45, 2.75) is 96.8 Å². The zero-order chi connectivity index (χ0) is 27.5. The third kappa shape index (κ3) is 7.26. The number of amides is 1. The van der Waals surface area contributed by atoms with Crippen LogP contribution in [0.1, 0.15) is 93.6 Å². The van der Waals surface area contributed by atoms with Crippen molar-refractivity contribution in [3.63, 3.8) is 0 Å². The van der Waals surface area contributed by atoms with E-state index in [-0.39, 0.29) is 40.9 Å². The van der Waals surface area contributed by atoms with Gasteiger partial charge in [-0.25, -0.2) is 4.79 Å². The molecule has 1 aromatic heterocycles. The highest BCUT2D eigenvalue weighted by molar-refractivity contribution is 7.15. The van der Waals surface area contributed by atoms with Gasteiger partial charge >= 0.3 is 5.97 Å². The molecule has 8 heteroatoms. The Hall–Kier alpha value is -2.18. The monoisotopic (exact) mass is 543 g/mol. The molecular weight excluding hydrogens is 502 g/mol. The number of hydrogen-bond acceptors (Lipinski definition) is 6. The van der Waals surface area contributed by atoms with Crippen LogP contribution in [0.3, 0.4) is 0 Å². The summed E-state index contributed by atoms with van der Waals surface area (Å²) in [5.74, 6) is 5.05. The van der Waals surface area contributed by atoms with E-state index in [1.165, 1.54) is 5.57 Å². The first-order valence-electron chi connectivity index (χ1n) is 13.7. The Bertz CT molecular complexity index is 1110. The van der Waals surface area contributed by atoms with E-state index in [0.717, 1.165) is 30.6 Å². The van der Waals surface area contributed by atoms with E-state index in [9.17, 15) is 19.8 Å². The maximum atomic E-state index is 14.0. The summed E-state index contributed by atoms with van der Waals surface area (Å²) < 4.78 is 11.3. The number of carboxylic acid groups (broad SMARTS) is 1. The summed E-state index contributed by atoms with van der Waals surface area (Å²) in [5, 5.41) is 21.3. The third-order valence-corrected chi connectivity index (χ3v) is 8.71. The molecule has 0 spiro atoms. The number of aromatic carboxylic acids is 1. The number of carbonyl (C=O) groups excluding carboxylic acids is 1. The van der Waals surface area contributed by atoms with Gasteiger partial charge in [-0.05, 0) is 85.1 Å². The minimum Gasteiger partial charge on any atom is -0.477 e. The van der Waals surface area contributed by atoms with Crippen LogP contribution < -0.4 is 4.90 Å². The molecule has 2 aliphatic carbocycles. The molecule has 0 aromatic carbocycles. The molecule has 2 N–H and O–H groups in total. The summed E-state index contributed by atoms with van der Waals surface area (Å²) in [5.41, 5.74) is 0.548. The Kier molecular flexibility index (Phi) is 9.03. The van der Waals surface area contributed by atoms with Crippen LogP contribution in [0.15, 0.2) is 17.7 Å². The lowest BCUT2D eigenvalue weighted by Crippen LogP contribution is -2.50. The van der Waals surface area contributed by atoms with Crippen LogP contribution in [-0.2, 0) is 14.3 Å². The number of carboxylic acids is 1. The fraction of sp³-hybridized carbons (Fsp3) is 0.667. The van der Waals surface area contributed by atoms with E-state index in [4.69, 9.17) is 9.47 Å². The van der Waals surface area contributed by atoms with Crippen molar-refractivity contribution in [3.8, 4) is 11.8 Å². The van der Waals surface area contributed by atoms with Crippen LogP contribution in [0.5, 0.6) is 0 Å². The second kappa shape index (κ2) is 11.9. The standard InChI is InChI=1S/C30H41NO6S/c1-20-5-7-21(8-6-20)27(32)31(25-17-24(11-13-29(2,3)4)38-26(25)28(33)34)22-9-14-30(35,15-10-22)19-37-23-12-16-36-18-23/h5,17,21-23,35H,6-10,12,14-16,18-19H2,1-4H3,(H,33,34)/t21-,22?,23+,30?/m1/s1. The van der Waals surface area contributed by atoms with Crippen LogP contribution in [-0.4, -0.2) is 59.7 Å². The summed E-state index contributed by atoms with van der Waals surface area (Å²) in [6.45, 7) is 9.61. The molecule has 38 heavy (non-hydrogen) atoms. The fourth-order valence-electron chi connectivity index (χ4n) is 5.37. The van der Waals surface area contributed by atoms with Gasteiger partial charge in [-0.15, -0.1) is 11.3 Å². The van der Waals surface area contributed by atoms with Gasteiger partial charge in [0.15, 0.2) is 0 Å². The lowest BCUT2D eigenvalue weighted by atomic mass is 9.81. The van der Waals surface area contributed by atoms with Crippen LogP contribution in [0.25, 0.3) is 0 Å². The van der Waals surface area contributed by atoms with E-state index < -0.39 is 11.6 Å². The number of ether oxygens (including phenoxy) is 2. The van der Waals surface area contributed by atoms with Crippen molar-refractivity contribution in [2.75, 3.05) is 24.7 Å². The van der Waals surface area contributed by atoms with E-state index in [1.807, 2.05) is 20.8 Å². The molecule has 2 fully saturated rings. The number of nitrogens with zero attached hydrogens (tertiary/aromatic N) is 1. The second-order valence-electron chi connectivity index (χ2n) is 12.1. The largest absolute Gasteiger partial charge is 0.477 e. The van der Waals surface area contributed by atoms with Gasteiger partial charge in [-0.3, -0.25) is 4.79 Å². The number of hydrogen-bond donors (Lipinski definition) is 2. The Morgan fingerprint density at radius 2 is 1.97 bits per heavy atom. The van der Waals surface area contributed by atoms with Crippen molar-refractivity contribution in [3.05, 3.63) is 27.5 Å². The lowest BCUT2D eigenvalue weighted by molar-refractivity contribution is -0.124. The number of rotatable bonds is 7. The average molecular weight is 544 g/mol. The molecular formula is C30H41NO6S. The van der Waals surface area contributed by atoms with Gasteiger partial charge in [0.05, 0.1) is 35.5 Å². The number of aliphatic hydroxyl groups is 1. The molecule has 1 aliphatic heterocycles. The molecule has 2 atom stereocenters. The van der Waals surface area contributed by atoms with Gasteiger partial charge in [0.2, 0.25) is 5.91 Å². The lowest BCUT2D eigenvalue weighted by Gasteiger charge is -2.42. The Labute approximate surface area is 230 Å². The van der Waals surface area contributed by atoms with Gasteiger partial charge in [-0.2, -0.15) is 0 Å². The van der Waals surface area contributed by atoms with E-state index in [1.54, 1.807) is 11.0 Å². The Morgan fingerprint density at radius 3 is 2.55 bits per heavy atom. The van der Waals surface area contributed by atoms with Crippen molar-refractivity contribution in [1.29, 1.82) is 0 Å². The molecule has 4 rings (SSSR count). The average Bonchev–Trinajstić information content (AvgIpc) is 3.53. The smallest absolute Gasteiger partial charge is 0.348 e. The third-order valence-electron chi connectivity index (χ3n) is 7.68. The summed E-state index contributed by atoms with van der Waals surface area (Å²) in [7, 11) is 0. The first-order valence-corrected chi connectivity index (χ1v) is 14.6. The number of thiophene rings is 1. The van der Waals surface area contributed by atoms with Gasteiger partial charge < -0.3 is 24.6 Å². The summed E-state index contributed by atoms with van der Waals surface area (Å²) in [6, 6.07) is 1.58. The quantitative estimate of drug-likeness (QED) is 0.353. The highest BCUT2D eigenvalue weighted by atomic mass is 32.1. The molecule has 1 amide bonds. The van der Waals surface area contributed by atoms with Crippen molar-refractivity contribution in [2.24, 2.45) is 11.3 Å². The minimum absolute atomic E-state index is 0.0224. The number of anilines is 1. The van der Waals surface area contributed by atoms with E-state index in [0.29, 0.717) is 55.9 Å². The first kappa shape index (κ1) is 28.8. The van der Waals surface area contributed by atoms with Crippen molar-refractivity contribution in [1.82, 2.24) is 0 Å². The maximum Gasteiger partial charge on any atom is 0.348 e. The van der Waals surface area contributed by atoms with E-state index in [2.05, 4.69) is 24.8 Å². The highest BCUT2D eigenvalue weighted by Gasteiger charge is 2.41. The highest BCUT2D eigenvalue weighted by Crippen LogP contribution is 2.40. The summed E-state index contributed by atoms with van der Waals surface area (Å²) in [6.07, 6.45) is 7.41. The molecule has 208 valence electrons. The van der Waals surface area contributed by atoms with Crippen LogP contribution >= 0.6 is 11.3 Å². The predicted molar refractivity (Wildman–Crippen MR) is 149 cm³/mol. The van der Waals surface area contributed by atoms with Gasteiger partial charge in [0.1, 0.15) is 4.88 Å². The molecule has 3 aliphatic rings. The van der Waals surface area contributed by atoms with Crippen molar-refractivity contribution >= 4 is 28.9 Å². The topological polar surface area (TPSA) is 96.3 Å². The molecule has 1 aromatic rings. The van der Waals surface area contributed by atoms with Crippen LogP contribution in [0.4, 0.5) is 5.69 Å². The first-order chi connectivity index (χ1) is 17.9. The minimum atomic E-state index is -1.05. The zero-order valence-corrected chi connectivity index (χ0v) is 23.9. The second-order valence-corrected chi connectivity index (χ2v) is 13.2. The molecule has 7 nitrogen and oxygen atoms in total. The Morgan fingerprint density at radius 1 is 1.24 bits per heavy atom. The van der Waals surface area contributed by atoms with Gasteiger partial charge in [-0.1, -0.05) is 23.5 Å². The predicted octanol–water partition coefficient (Wildman–Crippen LogP) is 5.40. The van der Waals surface area contributed by atoms with E-state index >= 15 is 0 Å². The molecule has 2 heterocycles. The zero-order valence-electron chi connectivity index (χ0n) is 23.0. The molecule has 0 radical (unpaired) electrons. The summed E-state index contributed by atoms with van der Waals surface area (Å²) >= 11 is 1.13. The molecule has 0 unspecified atom stereocenters.